The number of hydrogen-bond donors (Lipinski definition) is 2. The van der Waals surface area contributed by atoms with Crippen LogP contribution >= 0.6 is 0 Å². The first-order valence-corrected chi connectivity index (χ1v) is 4.42. The lowest BCUT2D eigenvalue weighted by molar-refractivity contribution is 0.152. The second-order valence-corrected chi connectivity index (χ2v) is 2.78. The fourth-order valence-electron chi connectivity index (χ4n) is 0.737. The van der Waals surface area contributed by atoms with E-state index in [-0.39, 0.29) is 6.09 Å². The van der Waals surface area contributed by atoms with Crippen molar-refractivity contribution in [2.75, 3.05) is 26.2 Å². The summed E-state index contributed by atoms with van der Waals surface area (Å²) < 4.78 is 4.67. The van der Waals surface area contributed by atoms with Crippen LogP contribution in [0.15, 0.2) is 12.2 Å². The molecule has 0 radical (unpaired) electrons. The first kappa shape index (κ1) is 12.0. The van der Waals surface area contributed by atoms with Gasteiger partial charge >= 0.3 is 6.09 Å². The lowest BCUT2D eigenvalue weighted by Crippen LogP contribution is -2.32. The molecule has 76 valence electrons. The fourth-order valence-corrected chi connectivity index (χ4v) is 0.737. The van der Waals surface area contributed by atoms with Crippen LogP contribution < -0.4 is 10.6 Å². The summed E-state index contributed by atoms with van der Waals surface area (Å²) in [6.07, 6.45) is -0.361. The Kier molecular flexibility index (Phi) is 7.01. The van der Waals surface area contributed by atoms with Gasteiger partial charge in [0.05, 0.1) is 6.61 Å². The molecule has 0 unspecified atom stereocenters. The van der Waals surface area contributed by atoms with Gasteiger partial charge in [0.15, 0.2) is 0 Å². The molecule has 4 nitrogen and oxygen atoms in total. The third-order valence-corrected chi connectivity index (χ3v) is 1.27. The van der Waals surface area contributed by atoms with Crippen LogP contribution in [0.4, 0.5) is 4.79 Å². The number of carbonyl (C=O) groups is 1. The lowest BCUT2D eigenvalue weighted by atomic mass is 10.3. The molecule has 0 aliphatic carbocycles. The van der Waals surface area contributed by atoms with Crippen molar-refractivity contribution in [3.63, 3.8) is 0 Å². The van der Waals surface area contributed by atoms with E-state index in [9.17, 15) is 4.79 Å². The highest BCUT2D eigenvalue weighted by atomic mass is 16.5. The van der Waals surface area contributed by atoms with Crippen molar-refractivity contribution in [2.24, 2.45) is 0 Å². The minimum Gasteiger partial charge on any atom is -0.450 e. The number of hydrogen-bond acceptors (Lipinski definition) is 3. The topological polar surface area (TPSA) is 50.4 Å². The molecular formula is C9H18N2O2. The molecule has 0 fully saturated rings. The summed E-state index contributed by atoms with van der Waals surface area (Å²) in [6.45, 7) is 9.96. The van der Waals surface area contributed by atoms with E-state index < -0.39 is 0 Å². The third-order valence-electron chi connectivity index (χ3n) is 1.27. The van der Waals surface area contributed by atoms with Gasteiger partial charge in [-0.25, -0.2) is 4.79 Å². The van der Waals surface area contributed by atoms with Crippen molar-refractivity contribution in [3.8, 4) is 0 Å². The van der Waals surface area contributed by atoms with E-state index in [1.807, 2.05) is 6.92 Å². The quantitative estimate of drug-likeness (QED) is 0.478. The summed E-state index contributed by atoms with van der Waals surface area (Å²) in [6, 6.07) is 0. The van der Waals surface area contributed by atoms with E-state index >= 15 is 0 Å². The van der Waals surface area contributed by atoms with Crippen LogP contribution in [0.1, 0.15) is 13.8 Å². The molecule has 0 bridgehead atoms. The molecule has 0 saturated carbocycles. The Morgan fingerprint density at radius 3 is 2.69 bits per heavy atom. The molecule has 13 heavy (non-hydrogen) atoms. The Labute approximate surface area is 79.3 Å². The van der Waals surface area contributed by atoms with Crippen molar-refractivity contribution in [2.45, 2.75) is 13.8 Å². The molecule has 0 aromatic carbocycles. The number of amides is 1. The summed E-state index contributed by atoms with van der Waals surface area (Å²) >= 11 is 0. The Balaban J connectivity index is 3.16. The maximum Gasteiger partial charge on any atom is 0.407 e. The normalized spacial score (nSPS) is 9.38. The van der Waals surface area contributed by atoms with Gasteiger partial charge in [-0.3, -0.25) is 0 Å². The van der Waals surface area contributed by atoms with E-state index in [1.165, 1.54) is 0 Å². The molecular weight excluding hydrogens is 168 g/mol. The van der Waals surface area contributed by atoms with Crippen LogP contribution in [0.5, 0.6) is 0 Å². The van der Waals surface area contributed by atoms with E-state index in [2.05, 4.69) is 21.9 Å². The average molecular weight is 186 g/mol. The van der Waals surface area contributed by atoms with Gasteiger partial charge in [0.25, 0.3) is 0 Å². The lowest BCUT2D eigenvalue weighted by Gasteiger charge is -2.06. The minimum atomic E-state index is -0.361. The molecule has 0 spiro atoms. The zero-order valence-corrected chi connectivity index (χ0v) is 8.35. The number of ether oxygens (including phenoxy) is 1. The zero-order chi connectivity index (χ0) is 10.1. The molecule has 1 amide bonds. The number of alkyl carbamates (subject to hydrolysis) is 1. The van der Waals surface area contributed by atoms with Crippen LogP contribution in [0, 0.1) is 0 Å². The summed E-state index contributed by atoms with van der Waals surface area (Å²) in [4.78, 5) is 10.8. The Morgan fingerprint density at radius 2 is 2.15 bits per heavy atom. The van der Waals surface area contributed by atoms with Gasteiger partial charge in [0, 0.05) is 19.6 Å². The molecule has 0 atom stereocenters. The van der Waals surface area contributed by atoms with Crippen molar-refractivity contribution in [1.29, 1.82) is 0 Å². The first-order chi connectivity index (χ1) is 6.16. The van der Waals surface area contributed by atoms with Crippen molar-refractivity contribution in [1.82, 2.24) is 10.6 Å². The Morgan fingerprint density at radius 1 is 1.46 bits per heavy atom. The highest BCUT2D eigenvalue weighted by Gasteiger charge is 1.96. The van der Waals surface area contributed by atoms with Crippen LogP contribution in [-0.2, 0) is 4.74 Å². The highest BCUT2D eigenvalue weighted by Crippen LogP contribution is 1.80. The van der Waals surface area contributed by atoms with Gasteiger partial charge in [-0.2, -0.15) is 0 Å². The monoisotopic (exact) mass is 186 g/mol. The second kappa shape index (κ2) is 7.61. The first-order valence-electron chi connectivity index (χ1n) is 4.42. The summed E-state index contributed by atoms with van der Waals surface area (Å²) in [5.41, 5.74) is 1.08. The van der Waals surface area contributed by atoms with Gasteiger partial charge in [-0.05, 0) is 13.8 Å². The fraction of sp³-hybridized carbons (Fsp3) is 0.667. The second-order valence-electron chi connectivity index (χ2n) is 2.78. The summed E-state index contributed by atoms with van der Waals surface area (Å²) in [7, 11) is 0. The van der Waals surface area contributed by atoms with E-state index in [1.54, 1.807) is 6.92 Å². The highest BCUT2D eigenvalue weighted by molar-refractivity contribution is 5.66. The van der Waals surface area contributed by atoms with Crippen molar-refractivity contribution in [3.05, 3.63) is 12.2 Å². The largest absolute Gasteiger partial charge is 0.450 e. The Hall–Kier alpha value is -1.03. The summed E-state index contributed by atoms with van der Waals surface area (Å²) in [5, 5.41) is 5.72. The number of carbonyl (C=O) groups excluding carboxylic acids is 1. The number of nitrogens with one attached hydrogen (secondary N) is 2. The molecule has 0 aliphatic heterocycles. The van der Waals surface area contributed by atoms with Gasteiger partial charge < -0.3 is 15.4 Å². The van der Waals surface area contributed by atoms with E-state index in [0.717, 1.165) is 18.7 Å². The summed E-state index contributed by atoms with van der Waals surface area (Å²) in [5.74, 6) is 0. The molecule has 0 aromatic heterocycles. The van der Waals surface area contributed by atoms with E-state index in [4.69, 9.17) is 0 Å². The van der Waals surface area contributed by atoms with Crippen molar-refractivity contribution >= 4 is 6.09 Å². The van der Waals surface area contributed by atoms with Crippen LogP contribution in [0.3, 0.4) is 0 Å². The third kappa shape index (κ3) is 8.88. The standard InChI is InChI=1S/C9H18N2O2/c1-4-13-9(12)11-6-5-10-7-8(2)3/h10H,2,4-7H2,1,3H3,(H,11,12). The van der Waals surface area contributed by atoms with Gasteiger partial charge in [0.1, 0.15) is 0 Å². The smallest absolute Gasteiger partial charge is 0.407 e. The van der Waals surface area contributed by atoms with Crippen LogP contribution in [0.25, 0.3) is 0 Å². The maximum absolute atomic E-state index is 10.8. The van der Waals surface area contributed by atoms with Gasteiger partial charge in [-0.1, -0.05) is 12.2 Å². The molecule has 4 heteroatoms. The predicted octanol–water partition coefficient (Wildman–Crippen LogP) is 0.898. The maximum atomic E-state index is 10.8. The van der Waals surface area contributed by atoms with Crippen LogP contribution in [0.2, 0.25) is 0 Å². The average Bonchev–Trinajstić information content (AvgIpc) is 2.03. The minimum absolute atomic E-state index is 0.361. The van der Waals surface area contributed by atoms with Crippen LogP contribution in [-0.4, -0.2) is 32.3 Å². The van der Waals surface area contributed by atoms with E-state index in [0.29, 0.717) is 13.2 Å². The van der Waals surface area contributed by atoms with Gasteiger partial charge in [0.2, 0.25) is 0 Å². The predicted molar refractivity (Wildman–Crippen MR) is 52.7 cm³/mol. The Bertz CT molecular complexity index is 169. The zero-order valence-electron chi connectivity index (χ0n) is 8.35. The number of rotatable bonds is 6. The molecule has 0 heterocycles. The SMILES string of the molecule is C=C(C)CNCCNC(=O)OCC. The van der Waals surface area contributed by atoms with Gasteiger partial charge in [-0.15, -0.1) is 0 Å². The molecule has 2 N–H and O–H groups in total. The molecule has 0 aromatic rings. The molecule has 0 saturated heterocycles. The molecule has 0 rings (SSSR count). The van der Waals surface area contributed by atoms with Crippen molar-refractivity contribution < 1.29 is 9.53 Å². The molecule has 0 aliphatic rings.